The molecule has 0 aliphatic carbocycles. The van der Waals surface area contributed by atoms with Crippen molar-refractivity contribution in [2.24, 2.45) is 0 Å². The Bertz CT molecular complexity index is 771. The minimum absolute atomic E-state index is 0.102. The summed E-state index contributed by atoms with van der Waals surface area (Å²) in [5.41, 5.74) is 1.64. The minimum Gasteiger partial charge on any atom is -0.494 e. The molecule has 1 heterocycles. The minimum atomic E-state index is -0.700. The highest BCUT2D eigenvalue weighted by atomic mass is 16.5. The molecule has 1 atom stereocenters. The maximum atomic E-state index is 13.0. The van der Waals surface area contributed by atoms with Gasteiger partial charge in [-0.15, -0.1) is 0 Å². The highest BCUT2D eigenvalue weighted by Crippen LogP contribution is 2.18. The van der Waals surface area contributed by atoms with E-state index >= 15 is 0 Å². The molecule has 1 N–H and O–H groups in total. The van der Waals surface area contributed by atoms with Crippen LogP contribution in [0.15, 0.2) is 54.6 Å². The summed E-state index contributed by atoms with van der Waals surface area (Å²) in [5.74, 6) is 0.477. The highest BCUT2D eigenvalue weighted by molar-refractivity contribution is 5.89. The van der Waals surface area contributed by atoms with Crippen LogP contribution in [0.3, 0.4) is 0 Å². The zero-order valence-electron chi connectivity index (χ0n) is 16.1. The van der Waals surface area contributed by atoms with E-state index in [1.54, 1.807) is 4.90 Å². The molecule has 2 aromatic rings. The molecule has 6 nitrogen and oxygen atoms in total. The van der Waals surface area contributed by atoms with Crippen molar-refractivity contribution in [1.82, 2.24) is 10.2 Å². The second kappa shape index (κ2) is 9.90. The molecule has 0 radical (unpaired) electrons. The van der Waals surface area contributed by atoms with E-state index in [9.17, 15) is 9.59 Å². The van der Waals surface area contributed by atoms with Crippen molar-refractivity contribution in [2.45, 2.75) is 19.4 Å². The molecule has 2 amide bonds. The third kappa shape index (κ3) is 5.33. The highest BCUT2D eigenvalue weighted by Gasteiger charge is 2.28. The molecular weight excluding hydrogens is 356 g/mol. The normalized spacial score (nSPS) is 15.0. The SMILES string of the molecule is CCOc1ccc(CC(=O)N[C@H](C(=O)N2CCOCC2)c2ccccc2)cc1. The fraction of sp³-hybridized carbons (Fsp3) is 0.364. The van der Waals surface area contributed by atoms with E-state index in [0.29, 0.717) is 32.9 Å². The number of morpholine rings is 1. The number of hydrogen-bond acceptors (Lipinski definition) is 4. The van der Waals surface area contributed by atoms with Crippen LogP contribution in [0.1, 0.15) is 24.1 Å². The lowest BCUT2D eigenvalue weighted by Crippen LogP contribution is -2.47. The van der Waals surface area contributed by atoms with Gasteiger partial charge in [0.1, 0.15) is 11.8 Å². The van der Waals surface area contributed by atoms with E-state index in [1.165, 1.54) is 0 Å². The lowest BCUT2D eigenvalue weighted by molar-refractivity contribution is -0.140. The van der Waals surface area contributed by atoms with Crippen molar-refractivity contribution >= 4 is 11.8 Å². The molecule has 0 saturated carbocycles. The van der Waals surface area contributed by atoms with Gasteiger partial charge in [0.05, 0.1) is 26.2 Å². The second-order valence-corrected chi connectivity index (χ2v) is 6.60. The number of ether oxygens (including phenoxy) is 2. The smallest absolute Gasteiger partial charge is 0.249 e. The average Bonchev–Trinajstić information content (AvgIpc) is 2.74. The zero-order chi connectivity index (χ0) is 19.8. The molecule has 0 bridgehead atoms. The molecule has 1 aliphatic rings. The first kappa shape index (κ1) is 19.9. The Morgan fingerprint density at radius 1 is 1.07 bits per heavy atom. The predicted octanol–water partition coefficient (Wildman–Crippen LogP) is 2.34. The maximum absolute atomic E-state index is 13.0. The number of rotatable bonds is 7. The molecule has 0 aromatic heterocycles. The van der Waals surface area contributed by atoms with Crippen LogP contribution in [-0.2, 0) is 20.7 Å². The van der Waals surface area contributed by atoms with E-state index < -0.39 is 6.04 Å². The van der Waals surface area contributed by atoms with Crippen LogP contribution in [0.25, 0.3) is 0 Å². The molecule has 148 valence electrons. The van der Waals surface area contributed by atoms with Crippen LogP contribution in [0.5, 0.6) is 5.75 Å². The van der Waals surface area contributed by atoms with Crippen LogP contribution in [0, 0.1) is 0 Å². The maximum Gasteiger partial charge on any atom is 0.249 e. The molecule has 3 rings (SSSR count). The summed E-state index contributed by atoms with van der Waals surface area (Å²) in [6.07, 6.45) is 0.201. The summed E-state index contributed by atoms with van der Waals surface area (Å²) in [5, 5.41) is 2.92. The van der Waals surface area contributed by atoms with Crippen molar-refractivity contribution in [3.63, 3.8) is 0 Å². The number of benzene rings is 2. The fourth-order valence-corrected chi connectivity index (χ4v) is 3.17. The van der Waals surface area contributed by atoms with Gasteiger partial charge in [-0.3, -0.25) is 9.59 Å². The Hall–Kier alpha value is -2.86. The average molecular weight is 382 g/mol. The summed E-state index contributed by atoms with van der Waals surface area (Å²) in [7, 11) is 0. The van der Waals surface area contributed by atoms with Crippen LogP contribution < -0.4 is 10.1 Å². The third-order valence-corrected chi connectivity index (χ3v) is 4.61. The first-order valence-electron chi connectivity index (χ1n) is 9.60. The second-order valence-electron chi connectivity index (χ2n) is 6.60. The Morgan fingerprint density at radius 2 is 1.75 bits per heavy atom. The predicted molar refractivity (Wildman–Crippen MR) is 106 cm³/mol. The standard InChI is InChI=1S/C22H26N2O4/c1-2-28-19-10-8-17(9-11-19)16-20(25)23-21(18-6-4-3-5-7-18)22(26)24-12-14-27-15-13-24/h3-11,21H,2,12-16H2,1H3,(H,23,25)/t21-/m0/s1. The Morgan fingerprint density at radius 3 is 2.39 bits per heavy atom. The first-order chi connectivity index (χ1) is 13.7. The van der Waals surface area contributed by atoms with Gasteiger partial charge in [0, 0.05) is 13.1 Å². The summed E-state index contributed by atoms with van der Waals surface area (Å²) < 4.78 is 10.8. The van der Waals surface area contributed by atoms with Gasteiger partial charge in [-0.1, -0.05) is 42.5 Å². The number of hydrogen-bond donors (Lipinski definition) is 1. The molecule has 1 saturated heterocycles. The van der Waals surface area contributed by atoms with Gasteiger partial charge in [-0.05, 0) is 30.2 Å². The van der Waals surface area contributed by atoms with Gasteiger partial charge >= 0.3 is 0 Å². The summed E-state index contributed by atoms with van der Waals surface area (Å²) in [6, 6.07) is 16.1. The Labute approximate surface area is 165 Å². The topological polar surface area (TPSA) is 67.9 Å². The fourth-order valence-electron chi connectivity index (χ4n) is 3.17. The van der Waals surface area contributed by atoms with Crippen LogP contribution in [0.4, 0.5) is 0 Å². The Kier molecular flexibility index (Phi) is 7.03. The molecule has 2 aromatic carbocycles. The molecule has 1 aliphatic heterocycles. The van der Waals surface area contributed by atoms with Crippen molar-refractivity contribution in [1.29, 1.82) is 0 Å². The molecule has 0 spiro atoms. The molecule has 6 heteroatoms. The van der Waals surface area contributed by atoms with Crippen LogP contribution in [-0.4, -0.2) is 49.6 Å². The lowest BCUT2D eigenvalue weighted by Gasteiger charge is -2.31. The van der Waals surface area contributed by atoms with E-state index in [2.05, 4.69) is 5.32 Å². The molecule has 0 unspecified atom stereocenters. The van der Waals surface area contributed by atoms with E-state index in [4.69, 9.17) is 9.47 Å². The monoisotopic (exact) mass is 382 g/mol. The van der Waals surface area contributed by atoms with Gasteiger partial charge in [0.15, 0.2) is 0 Å². The van der Waals surface area contributed by atoms with E-state index in [1.807, 2.05) is 61.5 Å². The van der Waals surface area contributed by atoms with Gasteiger partial charge in [-0.25, -0.2) is 0 Å². The quantitative estimate of drug-likeness (QED) is 0.798. The number of carbonyl (C=O) groups excluding carboxylic acids is 2. The van der Waals surface area contributed by atoms with Gasteiger partial charge < -0.3 is 19.7 Å². The summed E-state index contributed by atoms with van der Waals surface area (Å²) in [4.78, 5) is 27.4. The number of carbonyl (C=O) groups is 2. The van der Waals surface area contributed by atoms with Gasteiger partial charge in [0.2, 0.25) is 11.8 Å². The van der Waals surface area contributed by atoms with E-state index in [-0.39, 0.29) is 18.2 Å². The molecular formula is C22H26N2O4. The Balaban J connectivity index is 1.69. The van der Waals surface area contributed by atoms with Crippen molar-refractivity contribution in [3.8, 4) is 5.75 Å². The zero-order valence-corrected chi connectivity index (χ0v) is 16.1. The number of nitrogens with one attached hydrogen (secondary N) is 1. The van der Waals surface area contributed by atoms with Crippen molar-refractivity contribution < 1.29 is 19.1 Å². The summed E-state index contributed by atoms with van der Waals surface area (Å²) >= 11 is 0. The number of nitrogens with zero attached hydrogens (tertiary/aromatic N) is 1. The number of amides is 2. The molecule has 1 fully saturated rings. The third-order valence-electron chi connectivity index (χ3n) is 4.61. The first-order valence-corrected chi connectivity index (χ1v) is 9.60. The van der Waals surface area contributed by atoms with E-state index in [0.717, 1.165) is 16.9 Å². The van der Waals surface area contributed by atoms with Crippen molar-refractivity contribution in [2.75, 3.05) is 32.9 Å². The van der Waals surface area contributed by atoms with Crippen LogP contribution in [0.2, 0.25) is 0 Å². The lowest BCUT2D eigenvalue weighted by atomic mass is 10.0. The van der Waals surface area contributed by atoms with Crippen LogP contribution >= 0.6 is 0 Å². The van der Waals surface area contributed by atoms with Crippen molar-refractivity contribution in [3.05, 3.63) is 65.7 Å². The largest absolute Gasteiger partial charge is 0.494 e. The summed E-state index contributed by atoms with van der Waals surface area (Å²) in [6.45, 7) is 4.65. The van der Waals surface area contributed by atoms with Gasteiger partial charge in [-0.2, -0.15) is 0 Å². The molecule has 28 heavy (non-hydrogen) atoms. The van der Waals surface area contributed by atoms with Gasteiger partial charge in [0.25, 0.3) is 0 Å².